The number of carbonyl (C=O) groups excluding carboxylic acids is 4. The van der Waals surface area contributed by atoms with E-state index in [4.69, 9.17) is 4.74 Å². The van der Waals surface area contributed by atoms with E-state index in [1.165, 1.54) is 4.90 Å². The summed E-state index contributed by atoms with van der Waals surface area (Å²) >= 11 is 0. The molecule has 1 aromatic rings. The zero-order valence-electron chi connectivity index (χ0n) is 14.2. The molecule has 0 aliphatic carbocycles. The fraction of sp³-hybridized carbons (Fsp3) is 0.412. The number of rotatable bonds is 5. The summed E-state index contributed by atoms with van der Waals surface area (Å²) in [5.41, 5.74) is 1.80. The lowest BCUT2D eigenvalue weighted by molar-refractivity contribution is -0.152. The van der Waals surface area contributed by atoms with E-state index >= 15 is 0 Å². The molecule has 1 atom stereocenters. The summed E-state index contributed by atoms with van der Waals surface area (Å²) in [6.07, 6.45) is 0.0324. The standard InChI is InChI=1S/C17H21N3O5/c1-3-18-17(24)19-14(21)10-25-16(23)12-8-15(22)20(9-12)13-6-4-11(2)5-7-13/h4-7,12H,3,8-10H2,1-2H3,(H2,18,19,21,24)/t12-/m0/s1. The first-order chi connectivity index (χ1) is 11.9. The van der Waals surface area contributed by atoms with Crippen LogP contribution in [0, 0.1) is 12.8 Å². The molecule has 0 unspecified atom stereocenters. The van der Waals surface area contributed by atoms with Gasteiger partial charge in [0.1, 0.15) is 0 Å². The third-order valence-electron chi connectivity index (χ3n) is 3.74. The van der Waals surface area contributed by atoms with Gasteiger partial charge in [0.25, 0.3) is 5.91 Å². The molecule has 0 aromatic heterocycles. The van der Waals surface area contributed by atoms with E-state index in [0.717, 1.165) is 11.3 Å². The fourth-order valence-corrected chi connectivity index (χ4v) is 2.46. The molecule has 0 saturated carbocycles. The van der Waals surface area contributed by atoms with Crippen LogP contribution in [0.3, 0.4) is 0 Å². The van der Waals surface area contributed by atoms with Gasteiger partial charge >= 0.3 is 12.0 Å². The molecule has 1 saturated heterocycles. The highest BCUT2D eigenvalue weighted by Gasteiger charge is 2.36. The number of benzene rings is 1. The van der Waals surface area contributed by atoms with Crippen LogP contribution in [0.5, 0.6) is 0 Å². The van der Waals surface area contributed by atoms with Crippen molar-refractivity contribution in [1.82, 2.24) is 10.6 Å². The van der Waals surface area contributed by atoms with Gasteiger partial charge in [0.05, 0.1) is 5.92 Å². The van der Waals surface area contributed by atoms with Gasteiger partial charge in [0.2, 0.25) is 5.91 Å². The van der Waals surface area contributed by atoms with E-state index in [0.29, 0.717) is 6.54 Å². The second-order valence-electron chi connectivity index (χ2n) is 5.76. The number of imide groups is 1. The molecule has 8 heteroatoms. The van der Waals surface area contributed by atoms with Gasteiger partial charge in [-0.2, -0.15) is 0 Å². The Kier molecular flexibility index (Phi) is 6.10. The predicted octanol–water partition coefficient (Wildman–Crippen LogP) is 0.737. The Morgan fingerprint density at radius 2 is 1.92 bits per heavy atom. The van der Waals surface area contributed by atoms with Crippen molar-refractivity contribution in [3.05, 3.63) is 29.8 Å². The Labute approximate surface area is 145 Å². The molecule has 1 fully saturated rings. The molecular weight excluding hydrogens is 326 g/mol. The first-order valence-electron chi connectivity index (χ1n) is 8.02. The fourth-order valence-electron chi connectivity index (χ4n) is 2.46. The lowest BCUT2D eigenvalue weighted by atomic mass is 10.1. The third-order valence-corrected chi connectivity index (χ3v) is 3.74. The van der Waals surface area contributed by atoms with Crippen LogP contribution in [0.1, 0.15) is 18.9 Å². The number of nitrogens with one attached hydrogen (secondary N) is 2. The average molecular weight is 347 g/mol. The van der Waals surface area contributed by atoms with Crippen LogP contribution >= 0.6 is 0 Å². The van der Waals surface area contributed by atoms with Crippen LogP contribution in [0.15, 0.2) is 24.3 Å². The number of esters is 1. The molecule has 2 rings (SSSR count). The van der Waals surface area contributed by atoms with E-state index in [9.17, 15) is 19.2 Å². The topological polar surface area (TPSA) is 105 Å². The molecule has 2 N–H and O–H groups in total. The minimum atomic E-state index is -0.723. The summed E-state index contributed by atoms with van der Waals surface area (Å²) in [5.74, 6) is -2.16. The molecule has 8 nitrogen and oxygen atoms in total. The second kappa shape index (κ2) is 8.27. The molecule has 0 radical (unpaired) electrons. The van der Waals surface area contributed by atoms with Crippen molar-refractivity contribution in [3.8, 4) is 0 Å². The number of aryl methyl sites for hydroxylation is 1. The molecular formula is C17H21N3O5. The number of amides is 4. The molecule has 25 heavy (non-hydrogen) atoms. The molecule has 1 aliphatic heterocycles. The third kappa shape index (κ3) is 5.03. The molecule has 1 aromatic carbocycles. The molecule has 0 spiro atoms. The maximum absolute atomic E-state index is 12.1. The maximum Gasteiger partial charge on any atom is 0.321 e. The van der Waals surface area contributed by atoms with Crippen LogP contribution < -0.4 is 15.5 Å². The average Bonchev–Trinajstić information content (AvgIpc) is 2.95. The first kappa shape index (κ1) is 18.4. The molecule has 1 aliphatic rings. The van der Waals surface area contributed by atoms with E-state index in [1.807, 2.05) is 36.5 Å². The van der Waals surface area contributed by atoms with Crippen LogP contribution in [0.2, 0.25) is 0 Å². The van der Waals surface area contributed by atoms with E-state index in [1.54, 1.807) is 6.92 Å². The lowest BCUT2D eigenvalue weighted by Crippen LogP contribution is -2.41. The maximum atomic E-state index is 12.1. The van der Waals surface area contributed by atoms with Crippen LogP contribution in [0.25, 0.3) is 0 Å². The summed E-state index contributed by atoms with van der Waals surface area (Å²) in [6.45, 7) is 3.67. The number of anilines is 1. The van der Waals surface area contributed by atoms with Crippen LogP contribution in [0.4, 0.5) is 10.5 Å². The number of carbonyl (C=O) groups is 4. The van der Waals surface area contributed by atoms with E-state index in [2.05, 4.69) is 5.32 Å². The van der Waals surface area contributed by atoms with Gasteiger partial charge in [-0.05, 0) is 26.0 Å². The van der Waals surface area contributed by atoms with E-state index < -0.39 is 30.4 Å². The Bertz CT molecular complexity index is 671. The van der Waals surface area contributed by atoms with Crippen molar-refractivity contribution in [3.63, 3.8) is 0 Å². The highest BCUT2D eigenvalue weighted by atomic mass is 16.5. The predicted molar refractivity (Wildman–Crippen MR) is 89.8 cm³/mol. The summed E-state index contributed by atoms with van der Waals surface area (Å²) in [6, 6.07) is 6.77. The highest BCUT2D eigenvalue weighted by Crippen LogP contribution is 2.26. The molecule has 0 bridgehead atoms. The Hall–Kier alpha value is -2.90. The second-order valence-corrected chi connectivity index (χ2v) is 5.76. The normalized spacial score (nSPS) is 16.5. The van der Waals surface area contributed by atoms with Gasteiger partial charge in [-0.25, -0.2) is 4.79 Å². The number of hydrogen-bond donors (Lipinski definition) is 2. The molecule has 4 amide bonds. The monoisotopic (exact) mass is 347 g/mol. The summed E-state index contributed by atoms with van der Waals surface area (Å²) in [7, 11) is 0. The summed E-state index contributed by atoms with van der Waals surface area (Å²) in [4.78, 5) is 48.4. The lowest BCUT2D eigenvalue weighted by Gasteiger charge is -2.16. The molecule has 1 heterocycles. The number of nitrogens with zero attached hydrogens (tertiary/aromatic N) is 1. The Morgan fingerprint density at radius 3 is 2.56 bits per heavy atom. The van der Waals surface area contributed by atoms with Gasteiger partial charge in [-0.1, -0.05) is 17.7 Å². The van der Waals surface area contributed by atoms with Gasteiger partial charge in [-0.3, -0.25) is 19.7 Å². The van der Waals surface area contributed by atoms with Gasteiger partial charge < -0.3 is 15.0 Å². The number of urea groups is 1. The van der Waals surface area contributed by atoms with E-state index in [-0.39, 0.29) is 18.9 Å². The minimum Gasteiger partial charge on any atom is -0.455 e. The number of ether oxygens (including phenoxy) is 1. The summed E-state index contributed by atoms with van der Waals surface area (Å²) < 4.78 is 4.91. The SMILES string of the molecule is CCNC(=O)NC(=O)COC(=O)[C@H]1CC(=O)N(c2ccc(C)cc2)C1. The smallest absolute Gasteiger partial charge is 0.321 e. The van der Waals surface area contributed by atoms with Crippen LogP contribution in [-0.2, 0) is 19.1 Å². The first-order valence-corrected chi connectivity index (χ1v) is 8.02. The largest absolute Gasteiger partial charge is 0.455 e. The van der Waals surface area contributed by atoms with Gasteiger partial charge in [0.15, 0.2) is 6.61 Å². The van der Waals surface area contributed by atoms with Crippen molar-refractivity contribution in [1.29, 1.82) is 0 Å². The number of hydrogen-bond acceptors (Lipinski definition) is 5. The van der Waals surface area contributed by atoms with Gasteiger partial charge in [0, 0.05) is 25.2 Å². The van der Waals surface area contributed by atoms with Crippen molar-refractivity contribution in [2.75, 3.05) is 24.6 Å². The zero-order valence-corrected chi connectivity index (χ0v) is 14.2. The zero-order chi connectivity index (χ0) is 18.4. The molecule has 134 valence electrons. The van der Waals surface area contributed by atoms with Crippen LogP contribution in [-0.4, -0.2) is 43.5 Å². The van der Waals surface area contributed by atoms with Crippen molar-refractivity contribution in [2.24, 2.45) is 5.92 Å². The quantitative estimate of drug-likeness (QED) is 0.764. The summed E-state index contributed by atoms with van der Waals surface area (Å²) in [5, 5.41) is 4.42. The van der Waals surface area contributed by atoms with Crippen molar-refractivity contribution in [2.45, 2.75) is 20.3 Å². The minimum absolute atomic E-state index is 0.0324. The Morgan fingerprint density at radius 1 is 1.24 bits per heavy atom. The van der Waals surface area contributed by atoms with Crippen molar-refractivity contribution < 1.29 is 23.9 Å². The van der Waals surface area contributed by atoms with Gasteiger partial charge in [-0.15, -0.1) is 0 Å². The highest BCUT2D eigenvalue weighted by molar-refractivity contribution is 6.00. The van der Waals surface area contributed by atoms with Crippen molar-refractivity contribution >= 4 is 29.5 Å². The Balaban J connectivity index is 1.85.